The van der Waals surface area contributed by atoms with Crippen molar-refractivity contribution in [1.82, 2.24) is 0 Å². The van der Waals surface area contributed by atoms with Crippen molar-refractivity contribution in [3.63, 3.8) is 0 Å². The summed E-state index contributed by atoms with van der Waals surface area (Å²) in [5.41, 5.74) is 6.72. The molecule has 2 aromatic rings. The number of rotatable bonds is 7. The lowest BCUT2D eigenvalue weighted by atomic mass is 9.90. The third kappa shape index (κ3) is 5.31. The Morgan fingerprint density at radius 2 is 1.42 bits per heavy atom. The number of nitrogens with zero attached hydrogens (tertiary/aromatic N) is 2. The number of benzene rings is 2. The smallest absolute Gasteiger partial charge is 0.199 e. The van der Waals surface area contributed by atoms with Crippen molar-refractivity contribution in [3.8, 4) is 0 Å². The topological polar surface area (TPSA) is 6.25 Å². The molecule has 162 valence electrons. The Morgan fingerprint density at radius 3 is 1.97 bits per heavy atom. The summed E-state index contributed by atoms with van der Waals surface area (Å²) in [6.45, 7) is 12.7. The largest absolute Gasteiger partial charge is 0.372 e. The Morgan fingerprint density at radius 1 is 0.806 bits per heavy atom. The van der Waals surface area contributed by atoms with Gasteiger partial charge in [0.25, 0.3) is 0 Å². The van der Waals surface area contributed by atoms with Crippen LogP contribution in [-0.2, 0) is 0 Å². The second-order valence-electron chi connectivity index (χ2n) is 7.44. The van der Waals surface area contributed by atoms with E-state index in [1.165, 1.54) is 11.4 Å². The van der Waals surface area contributed by atoms with E-state index < -0.39 is 0 Å². The molecule has 0 fully saturated rings. The second-order valence-corrected chi connectivity index (χ2v) is 8.28. The fraction of sp³-hybridized carbons (Fsp3) is 0.296. The molecular weight excluding hydrogens is 423 g/mol. The van der Waals surface area contributed by atoms with Gasteiger partial charge in [-0.25, -0.2) is 4.58 Å². The molecule has 3 rings (SSSR count). The van der Waals surface area contributed by atoms with Gasteiger partial charge in [-0.1, -0.05) is 35.3 Å². The first kappa shape index (κ1) is 23.4. The molecule has 2 nitrogen and oxygen atoms in total. The van der Waals surface area contributed by atoms with E-state index >= 15 is 0 Å². The Hall–Kier alpha value is -2.29. The third-order valence-corrected chi connectivity index (χ3v) is 6.33. The number of hydrogen-bond donors (Lipinski definition) is 0. The van der Waals surface area contributed by atoms with Crippen molar-refractivity contribution < 1.29 is 4.58 Å². The Labute approximate surface area is 196 Å². The highest BCUT2D eigenvalue weighted by atomic mass is 35.5. The van der Waals surface area contributed by atoms with E-state index in [1.807, 2.05) is 18.2 Å². The van der Waals surface area contributed by atoms with Gasteiger partial charge in [0.15, 0.2) is 5.71 Å². The number of hydrogen-bond acceptors (Lipinski definition) is 1. The summed E-state index contributed by atoms with van der Waals surface area (Å²) in [5, 5.41) is 1.37. The SMILES string of the molecule is CCN(CC)c1ccc(C(=C2C=CC(=[N+](CC)CC)C=C2)c2cc(Cl)ccc2Cl)cc1. The van der Waals surface area contributed by atoms with Crippen LogP contribution in [0.3, 0.4) is 0 Å². The van der Waals surface area contributed by atoms with Gasteiger partial charge in [0.05, 0.1) is 0 Å². The molecular formula is C27H31Cl2N2+. The zero-order valence-corrected chi connectivity index (χ0v) is 20.3. The van der Waals surface area contributed by atoms with E-state index in [1.54, 1.807) is 0 Å². The zero-order valence-electron chi connectivity index (χ0n) is 18.8. The van der Waals surface area contributed by atoms with Crippen LogP contribution in [0.15, 0.2) is 72.3 Å². The molecule has 0 amide bonds. The van der Waals surface area contributed by atoms with Gasteiger partial charge in [0, 0.05) is 46.5 Å². The van der Waals surface area contributed by atoms with Crippen LogP contribution in [0.5, 0.6) is 0 Å². The van der Waals surface area contributed by atoms with Crippen LogP contribution in [0, 0.1) is 0 Å². The van der Waals surface area contributed by atoms with Crippen LogP contribution in [0.2, 0.25) is 10.0 Å². The maximum absolute atomic E-state index is 6.65. The minimum absolute atomic E-state index is 0.677. The molecule has 0 spiro atoms. The molecule has 0 saturated heterocycles. The summed E-state index contributed by atoms with van der Waals surface area (Å²) in [5.74, 6) is 0. The minimum Gasteiger partial charge on any atom is -0.372 e. The van der Waals surface area contributed by atoms with Gasteiger partial charge in [-0.3, -0.25) is 0 Å². The fourth-order valence-electron chi connectivity index (χ4n) is 4.02. The highest BCUT2D eigenvalue weighted by Crippen LogP contribution is 2.36. The van der Waals surface area contributed by atoms with Crippen molar-refractivity contribution >= 4 is 40.2 Å². The van der Waals surface area contributed by atoms with Crippen molar-refractivity contribution in [2.24, 2.45) is 0 Å². The summed E-state index contributed by atoms with van der Waals surface area (Å²) < 4.78 is 2.34. The maximum Gasteiger partial charge on any atom is 0.199 e. The Bertz CT molecular complexity index is 1020. The first-order valence-electron chi connectivity index (χ1n) is 11.0. The summed E-state index contributed by atoms with van der Waals surface area (Å²) in [4.78, 5) is 2.34. The van der Waals surface area contributed by atoms with Crippen LogP contribution in [-0.4, -0.2) is 36.5 Å². The molecule has 1 aliphatic carbocycles. The predicted octanol–water partition coefficient (Wildman–Crippen LogP) is 7.26. The summed E-state index contributed by atoms with van der Waals surface area (Å²) >= 11 is 13.0. The highest BCUT2D eigenvalue weighted by molar-refractivity contribution is 6.34. The Balaban J connectivity index is 2.15. The molecule has 1 aliphatic rings. The second kappa shape index (κ2) is 10.8. The molecule has 0 atom stereocenters. The molecule has 0 radical (unpaired) electrons. The molecule has 0 aromatic heterocycles. The van der Waals surface area contributed by atoms with Gasteiger partial charge in [-0.05, 0) is 86.9 Å². The summed E-state index contributed by atoms with van der Waals surface area (Å²) in [6.07, 6.45) is 8.73. The average molecular weight is 454 g/mol. The lowest BCUT2D eigenvalue weighted by molar-refractivity contribution is -0.519. The molecule has 4 heteroatoms. The molecule has 0 saturated carbocycles. The number of anilines is 1. The monoisotopic (exact) mass is 453 g/mol. The van der Waals surface area contributed by atoms with E-state index in [0.29, 0.717) is 10.0 Å². The highest BCUT2D eigenvalue weighted by Gasteiger charge is 2.17. The van der Waals surface area contributed by atoms with Gasteiger partial charge in [0.1, 0.15) is 13.1 Å². The van der Waals surface area contributed by atoms with Crippen LogP contribution >= 0.6 is 23.2 Å². The summed E-state index contributed by atoms with van der Waals surface area (Å²) in [7, 11) is 0. The number of allylic oxidation sites excluding steroid dienone is 5. The van der Waals surface area contributed by atoms with Gasteiger partial charge >= 0.3 is 0 Å². The van der Waals surface area contributed by atoms with Gasteiger partial charge in [-0.2, -0.15) is 0 Å². The third-order valence-electron chi connectivity index (χ3n) is 5.77. The average Bonchev–Trinajstić information content (AvgIpc) is 2.80. The lowest BCUT2D eigenvalue weighted by Crippen LogP contribution is -2.21. The van der Waals surface area contributed by atoms with Crippen LogP contribution in [0.25, 0.3) is 5.57 Å². The van der Waals surface area contributed by atoms with Crippen LogP contribution in [0.1, 0.15) is 38.8 Å². The molecule has 0 aliphatic heterocycles. The number of halogens is 2. The minimum atomic E-state index is 0.677. The van der Waals surface area contributed by atoms with Crippen molar-refractivity contribution in [3.05, 3.63) is 93.5 Å². The lowest BCUT2D eigenvalue weighted by Gasteiger charge is -2.22. The van der Waals surface area contributed by atoms with Crippen LogP contribution in [0.4, 0.5) is 5.69 Å². The van der Waals surface area contributed by atoms with Crippen molar-refractivity contribution in [2.45, 2.75) is 27.7 Å². The van der Waals surface area contributed by atoms with Crippen molar-refractivity contribution in [2.75, 3.05) is 31.1 Å². The summed E-state index contributed by atoms with van der Waals surface area (Å²) in [6, 6.07) is 14.4. The standard InChI is InChI=1S/C27H31Cl2N2/c1-5-30(6-2)23-14-9-20(10-15-23)27(25-19-22(28)13-18-26(25)29)21-11-16-24(17-12-21)31(7-3)8-4/h9-19H,5-8H2,1-4H3/q+1. The molecule has 31 heavy (non-hydrogen) atoms. The maximum atomic E-state index is 6.65. The van der Waals surface area contributed by atoms with E-state index in [-0.39, 0.29) is 0 Å². The fourth-order valence-corrected chi connectivity index (χ4v) is 4.41. The first-order valence-corrected chi connectivity index (χ1v) is 11.8. The van der Waals surface area contributed by atoms with E-state index in [9.17, 15) is 0 Å². The molecule has 0 unspecified atom stereocenters. The van der Waals surface area contributed by atoms with Crippen molar-refractivity contribution in [1.29, 1.82) is 0 Å². The normalized spacial score (nSPS) is 13.0. The van der Waals surface area contributed by atoms with Crippen LogP contribution < -0.4 is 4.90 Å². The molecule has 0 N–H and O–H groups in total. The van der Waals surface area contributed by atoms with Gasteiger partial charge < -0.3 is 4.90 Å². The Kier molecular flexibility index (Phi) is 8.17. The van der Waals surface area contributed by atoms with E-state index in [0.717, 1.165) is 48.5 Å². The first-order chi connectivity index (χ1) is 15.0. The predicted molar refractivity (Wildman–Crippen MR) is 137 cm³/mol. The van der Waals surface area contributed by atoms with Gasteiger partial charge in [-0.15, -0.1) is 0 Å². The van der Waals surface area contributed by atoms with E-state index in [4.69, 9.17) is 23.2 Å². The zero-order chi connectivity index (χ0) is 22.4. The quantitative estimate of drug-likeness (QED) is 0.399. The van der Waals surface area contributed by atoms with Gasteiger partial charge in [0.2, 0.25) is 0 Å². The molecule has 2 aromatic carbocycles. The molecule has 0 bridgehead atoms. The molecule has 0 heterocycles. The van der Waals surface area contributed by atoms with E-state index in [2.05, 4.69) is 85.7 Å².